The molecule has 10 heteroatoms. The molecule has 3 N–H and O–H groups in total. The molecule has 1 amide bonds. The SMILES string of the molecule is CNC(=O)Cc1csc(N2N=C(c3cc(F)ccc3F)SC2(CCCN)c2ccccc2)n1. The standard InChI is InChI=1S/C23H23F2N5OS2/c1-27-20(31)13-17-14-32-22(28-17)30-23(10-5-11-26,15-6-3-2-4-7-15)33-21(29-30)18-12-16(24)8-9-19(18)25/h2-4,6-9,12,14H,5,10-11,13,26H2,1H3,(H,27,31). The summed E-state index contributed by atoms with van der Waals surface area (Å²) in [4.78, 5) is 15.7. The van der Waals surface area contributed by atoms with Gasteiger partial charge in [0.25, 0.3) is 0 Å². The highest BCUT2D eigenvalue weighted by Gasteiger charge is 2.47. The minimum Gasteiger partial charge on any atom is -0.359 e. The van der Waals surface area contributed by atoms with E-state index in [-0.39, 0.29) is 17.9 Å². The number of amides is 1. The third-order valence-electron chi connectivity index (χ3n) is 5.24. The molecule has 33 heavy (non-hydrogen) atoms. The van der Waals surface area contributed by atoms with Crippen LogP contribution in [0.5, 0.6) is 0 Å². The van der Waals surface area contributed by atoms with Gasteiger partial charge in [0.1, 0.15) is 21.5 Å². The molecule has 172 valence electrons. The van der Waals surface area contributed by atoms with Crippen LogP contribution in [0, 0.1) is 11.6 Å². The lowest BCUT2D eigenvalue weighted by atomic mass is 10.0. The van der Waals surface area contributed by atoms with E-state index in [2.05, 4.69) is 10.3 Å². The molecule has 4 rings (SSSR count). The van der Waals surface area contributed by atoms with E-state index < -0.39 is 16.5 Å². The summed E-state index contributed by atoms with van der Waals surface area (Å²) in [7, 11) is 1.57. The third kappa shape index (κ3) is 4.78. The van der Waals surface area contributed by atoms with Crippen LogP contribution in [0.1, 0.15) is 29.7 Å². The normalized spacial score (nSPS) is 17.8. The molecule has 2 aromatic carbocycles. The predicted octanol–water partition coefficient (Wildman–Crippen LogP) is 4.22. The van der Waals surface area contributed by atoms with E-state index in [4.69, 9.17) is 10.8 Å². The van der Waals surface area contributed by atoms with E-state index in [1.165, 1.54) is 23.1 Å². The zero-order chi connectivity index (χ0) is 23.4. The maximum Gasteiger partial charge on any atom is 0.225 e. The minimum atomic E-state index is -0.753. The van der Waals surface area contributed by atoms with Crippen molar-refractivity contribution < 1.29 is 13.6 Å². The summed E-state index contributed by atoms with van der Waals surface area (Å²) in [5.74, 6) is -1.24. The van der Waals surface area contributed by atoms with Gasteiger partial charge in [0.2, 0.25) is 11.0 Å². The Morgan fingerprint density at radius 2 is 2.00 bits per heavy atom. The molecule has 1 aromatic heterocycles. The number of hydrazone groups is 1. The molecule has 0 radical (unpaired) electrons. The van der Waals surface area contributed by atoms with E-state index in [0.29, 0.717) is 35.3 Å². The predicted molar refractivity (Wildman–Crippen MR) is 129 cm³/mol. The van der Waals surface area contributed by atoms with Gasteiger partial charge in [-0.1, -0.05) is 42.1 Å². The number of carbonyl (C=O) groups is 1. The summed E-state index contributed by atoms with van der Waals surface area (Å²) < 4.78 is 28.7. The first-order valence-electron chi connectivity index (χ1n) is 10.4. The maximum absolute atomic E-state index is 14.7. The number of hydrogen-bond acceptors (Lipinski definition) is 7. The van der Waals surface area contributed by atoms with Gasteiger partial charge in [-0.3, -0.25) is 4.79 Å². The van der Waals surface area contributed by atoms with Gasteiger partial charge < -0.3 is 11.1 Å². The Bertz CT molecular complexity index is 1170. The van der Waals surface area contributed by atoms with Gasteiger partial charge in [0.15, 0.2) is 0 Å². The largest absolute Gasteiger partial charge is 0.359 e. The van der Waals surface area contributed by atoms with Gasteiger partial charge in [-0.15, -0.1) is 11.3 Å². The number of thiazole rings is 1. The Labute approximate surface area is 198 Å². The van der Waals surface area contributed by atoms with Crippen molar-refractivity contribution >= 4 is 39.2 Å². The van der Waals surface area contributed by atoms with Crippen LogP contribution in [0.15, 0.2) is 59.0 Å². The molecule has 6 nitrogen and oxygen atoms in total. The Hall–Kier alpha value is -2.82. The summed E-state index contributed by atoms with van der Waals surface area (Å²) in [5.41, 5.74) is 7.51. The van der Waals surface area contributed by atoms with E-state index in [9.17, 15) is 13.6 Å². The fourth-order valence-corrected chi connectivity index (χ4v) is 5.94. The zero-order valence-corrected chi connectivity index (χ0v) is 19.6. The lowest BCUT2D eigenvalue weighted by molar-refractivity contribution is -0.120. The minimum absolute atomic E-state index is 0.0951. The maximum atomic E-state index is 14.7. The molecular formula is C23H23F2N5OS2. The molecule has 0 bridgehead atoms. The Morgan fingerprint density at radius 1 is 1.21 bits per heavy atom. The second-order valence-corrected chi connectivity index (χ2v) is 9.56. The third-order valence-corrected chi connectivity index (χ3v) is 7.55. The number of nitrogens with one attached hydrogen (secondary N) is 1. The highest BCUT2D eigenvalue weighted by Crippen LogP contribution is 2.52. The molecule has 1 unspecified atom stereocenters. The first-order chi connectivity index (χ1) is 16.0. The molecule has 0 fully saturated rings. The van der Waals surface area contributed by atoms with Crippen molar-refractivity contribution in [3.8, 4) is 0 Å². The van der Waals surface area contributed by atoms with Crippen LogP contribution in [0.4, 0.5) is 13.9 Å². The second-order valence-electron chi connectivity index (χ2n) is 7.46. The summed E-state index contributed by atoms with van der Waals surface area (Å²) in [6.07, 6.45) is 1.43. The van der Waals surface area contributed by atoms with Crippen LogP contribution >= 0.6 is 23.1 Å². The number of rotatable bonds is 8. The van der Waals surface area contributed by atoms with Gasteiger partial charge in [0.05, 0.1) is 12.1 Å². The highest BCUT2D eigenvalue weighted by molar-refractivity contribution is 8.15. The molecular weight excluding hydrogens is 464 g/mol. The van der Waals surface area contributed by atoms with E-state index >= 15 is 0 Å². The van der Waals surface area contributed by atoms with Crippen molar-refractivity contribution in [2.45, 2.75) is 24.1 Å². The second kappa shape index (κ2) is 9.98. The number of aromatic nitrogens is 1. The Morgan fingerprint density at radius 3 is 2.73 bits per heavy atom. The number of anilines is 1. The van der Waals surface area contributed by atoms with Gasteiger partial charge in [-0.25, -0.2) is 18.8 Å². The molecule has 1 aliphatic rings. The van der Waals surface area contributed by atoms with Gasteiger partial charge in [-0.05, 0) is 43.1 Å². The summed E-state index contributed by atoms with van der Waals surface area (Å²) >= 11 is 2.71. The average molecular weight is 488 g/mol. The monoisotopic (exact) mass is 487 g/mol. The van der Waals surface area contributed by atoms with Gasteiger partial charge >= 0.3 is 0 Å². The Balaban J connectivity index is 1.83. The lowest BCUT2D eigenvalue weighted by Gasteiger charge is -2.35. The first-order valence-corrected chi connectivity index (χ1v) is 12.1. The topological polar surface area (TPSA) is 83.6 Å². The van der Waals surface area contributed by atoms with E-state index in [0.717, 1.165) is 23.8 Å². The number of thioether (sulfide) groups is 1. The fraction of sp³-hybridized carbons (Fsp3) is 0.261. The van der Waals surface area contributed by atoms with Crippen LogP contribution in [-0.2, 0) is 16.1 Å². The molecule has 1 atom stereocenters. The molecule has 2 heterocycles. The average Bonchev–Trinajstić information content (AvgIpc) is 3.45. The van der Waals surface area contributed by atoms with Crippen molar-refractivity contribution in [3.05, 3.63) is 82.4 Å². The van der Waals surface area contributed by atoms with Gasteiger partial charge in [0, 0.05) is 18.0 Å². The van der Waals surface area contributed by atoms with Crippen LogP contribution in [0.25, 0.3) is 0 Å². The fourth-order valence-electron chi connectivity index (χ4n) is 3.61. The lowest BCUT2D eigenvalue weighted by Crippen LogP contribution is -2.38. The summed E-state index contributed by atoms with van der Waals surface area (Å²) in [6, 6.07) is 13.1. The van der Waals surface area contributed by atoms with Crippen molar-refractivity contribution in [2.75, 3.05) is 18.6 Å². The first kappa shape index (κ1) is 23.3. The van der Waals surface area contributed by atoms with Crippen molar-refractivity contribution in [2.24, 2.45) is 10.8 Å². The van der Waals surface area contributed by atoms with Crippen molar-refractivity contribution in [1.82, 2.24) is 10.3 Å². The summed E-state index contributed by atoms with van der Waals surface area (Å²) in [6.45, 7) is 0.465. The van der Waals surface area contributed by atoms with Crippen LogP contribution in [0.2, 0.25) is 0 Å². The number of hydrogen-bond donors (Lipinski definition) is 2. The molecule has 0 spiro atoms. The van der Waals surface area contributed by atoms with E-state index in [1.807, 2.05) is 35.7 Å². The number of nitrogens with two attached hydrogens (primary N) is 1. The smallest absolute Gasteiger partial charge is 0.225 e. The number of nitrogens with zero attached hydrogens (tertiary/aromatic N) is 3. The molecule has 0 saturated carbocycles. The zero-order valence-electron chi connectivity index (χ0n) is 17.9. The highest BCUT2D eigenvalue weighted by atomic mass is 32.2. The molecule has 3 aromatic rings. The van der Waals surface area contributed by atoms with Gasteiger partial charge in [-0.2, -0.15) is 5.10 Å². The van der Waals surface area contributed by atoms with Crippen LogP contribution < -0.4 is 16.1 Å². The summed E-state index contributed by atoms with van der Waals surface area (Å²) in [5, 5.41) is 11.8. The van der Waals surface area contributed by atoms with Crippen LogP contribution in [0.3, 0.4) is 0 Å². The van der Waals surface area contributed by atoms with Crippen LogP contribution in [-0.4, -0.2) is 29.5 Å². The Kier molecular flexibility index (Phi) is 7.06. The molecule has 0 saturated heterocycles. The molecule has 1 aliphatic heterocycles. The van der Waals surface area contributed by atoms with Crippen molar-refractivity contribution in [1.29, 1.82) is 0 Å². The number of benzene rings is 2. The number of likely N-dealkylation sites (N-methyl/N-ethyl adjacent to an activating group) is 1. The number of halogens is 2. The molecule has 0 aliphatic carbocycles. The van der Waals surface area contributed by atoms with Crippen molar-refractivity contribution in [3.63, 3.8) is 0 Å². The quantitative estimate of drug-likeness (QED) is 0.497. The van der Waals surface area contributed by atoms with E-state index in [1.54, 1.807) is 12.1 Å². The number of carbonyl (C=O) groups excluding carboxylic acids is 1.